The summed E-state index contributed by atoms with van der Waals surface area (Å²) in [7, 11) is -3.72. The second-order valence-electron chi connectivity index (χ2n) is 5.97. The summed E-state index contributed by atoms with van der Waals surface area (Å²) in [5.41, 5.74) is 0. The molecular weight excluding hydrogens is 348 g/mol. The number of hydrogen-bond acceptors (Lipinski definition) is 5. The maximum Gasteiger partial charge on any atom is 0.250 e. The number of sulfonamides is 1. The lowest BCUT2D eigenvalue weighted by Crippen LogP contribution is -2.46. The van der Waals surface area contributed by atoms with Gasteiger partial charge in [-0.15, -0.1) is 11.3 Å². The molecule has 2 rings (SSSR count). The molecule has 0 saturated carbocycles. The van der Waals surface area contributed by atoms with E-state index in [0.29, 0.717) is 12.2 Å². The molecule has 0 aliphatic heterocycles. The fourth-order valence-electron chi connectivity index (χ4n) is 2.19. The van der Waals surface area contributed by atoms with Gasteiger partial charge in [0.05, 0.1) is 12.8 Å². The lowest BCUT2D eigenvalue weighted by molar-refractivity contribution is -0.123. The van der Waals surface area contributed by atoms with Gasteiger partial charge in [0.15, 0.2) is 0 Å². The fraction of sp³-hybridized carbons (Fsp3) is 0.438. The normalized spacial score (nSPS) is 13.2. The van der Waals surface area contributed by atoms with Crippen LogP contribution in [0.25, 0.3) is 0 Å². The molecule has 6 nitrogen and oxygen atoms in total. The summed E-state index contributed by atoms with van der Waals surface area (Å²) < 4.78 is 32.9. The minimum Gasteiger partial charge on any atom is -0.467 e. The Kier molecular flexibility index (Phi) is 6.20. The van der Waals surface area contributed by atoms with Crippen LogP contribution in [-0.4, -0.2) is 20.4 Å². The summed E-state index contributed by atoms with van der Waals surface area (Å²) in [6.07, 6.45) is 1.93. The third-order valence-electron chi connectivity index (χ3n) is 3.32. The van der Waals surface area contributed by atoms with Crippen molar-refractivity contribution in [2.24, 2.45) is 5.92 Å². The van der Waals surface area contributed by atoms with Crippen molar-refractivity contribution < 1.29 is 17.6 Å². The highest BCUT2D eigenvalue weighted by atomic mass is 32.2. The zero-order valence-corrected chi connectivity index (χ0v) is 15.5. The van der Waals surface area contributed by atoms with Crippen molar-refractivity contribution in [3.8, 4) is 0 Å². The number of aryl methyl sites for hydroxylation is 1. The van der Waals surface area contributed by atoms with E-state index in [-0.39, 0.29) is 22.6 Å². The van der Waals surface area contributed by atoms with Crippen molar-refractivity contribution in [2.75, 3.05) is 0 Å². The lowest BCUT2D eigenvalue weighted by Gasteiger charge is -2.19. The molecule has 0 fully saturated rings. The quantitative estimate of drug-likeness (QED) is 0.748. The Bertz CT molecular complexity index is 764. The van der Waals surface area contributed by atoms with Crippen molar-refractivity contribution in [1.29, 1.82) is 0 Å². The number of nitrogens with one attached hydrogen (secondary N) is 2. The number of rotatable bonds is 8. The fourth-order valence-corrected chi connectivity index (χ4v) is 4.70. The van der Waals surface area contributed by atoms with Crippen molar-refractivity contribution >= 4 is 27.3 Å². The van der Waals surface area contributed by atoms with E-state index in [9.17, 15) is 13.2 Å². The average molecular weight is 370 g/mol. The van der Waals surface area contributed by atoms with E-state index in [1.165, 1.54) is 17.6 Å². The molecule has 132 valence electrons. The highest BCUT2D eigenvalue weighted by Gasteiger charge is 2.27. The molecule has 0 bridgehead atoms. The second kappa shape index (κ2) is 7.96. The third-order valence-corrected chi connectivity index (χ3v) is 6.28. The van der Waals surface area contributed by atoms with Crippen LogP contribution < -0.4 is 10.0 Å². The number of thiophene rings is 1. The molecule has 2 aromatic heterocycles. The molecular formula is C16H22N2O4S2. The zero-order chi connectivity index (χ0) is 17.7. The number of hydrogen-bond donors (Lipinski definition) is 2. The topological polar surface area (TPSA) is 88.4 Å². The van der Waals surface area contributed by atoms with Gasteiger partial charge in [0.25, 0.3) is 10.0 Å². The Hall–Kier alpha value is -1.64. The molecule has 1 amide bonds. The summed E-state index contributed by atoms with van der Waals surface area (Å²) in [5, 5.41) is 2.71. The van der Waals surface area contributed by atoms with Crippen molar-refractivity contribution in [2.45, 2.75) is 44.0 Å². The molecule has 2 aromatic rings. The molecule has 0 aromatic carbocycles. The Morgan fingerprint density at radius 2 is 2.04 bits per heavy atom. The monoisotopic (exact) mass is 370 g/mol. The van der Waals surface area contributed by atoms with Crippen LogP contribution in [0, 0.1) is 12.8 Å². The van der Waals surface area contributed by atoms with Gasteiger partial charge in [-0.1, -0.05) is 13.8 Å². The van der Waals surface area contributed by atoms with Crippen LogP contribution in [0.4, 0.5) is 0 Å². The molecule has 0 saturated heterocycles. The van der Waals surface area contributed by atoms with Crippen molar-refractivity contribution in [3.63, 3.8) is 0 Å². The first-order valence-corrected chi connectivity index (χ1v) is 9.97. The number of carbonyl (C=O) groups excluding carboxylic acids is 1. The van der Waals surface area contributed by atoms with E-state index in [1.54, 1.807) is 24.3 Å². The summed E-state index contributed by atoms with van der Waals surface area (Å²) >= 11 is 1.18. The minimum atomic E-state index is -3.72. The standard InChI is InChI=1S/C16H22N2O4S2/c1-11(2)9-14(16(19)17-10-13-5-4-8-22-13)18-24(20,21)15-7-6-12(3)23-15/h4-8,11,14,18H,9-10H2,1-3H3,(H,17,19)/t14-/m0/s1. The zero-order valence-electron chi connectivity index (χ0n) is 13.9. The maximum atomic E-state index is 12.5. The van der Waals surface area contributed by atoms with E-state index in [4.69, 9.17) is 4.42 Å². The molecule has 0 aliphatic carbocycles. The van der Waals surface area contributed by atoms with Crippen LogP contribution in [0.5, 0.6) is 0 Å². The maximum absolute atomic E-state index is 12.5. The van der Waals surface area contributed by atoms with Crippen molar-refractivity contribution in [3.05, 3.63) is 41.2 Å². The highest BCUT2D eigenvalue weighted by molar-refractivity contribution is 7.91. The largest absolute Gasteiger partial charge is 0.467 e. The van der Waals surface area contributed by atoms with E-state index < -0.39 is 16.1 Å². The van der Waals surface area contributed by atoms with Crippen LogP contribution in [0.2, 0.25) is 0 Å². The molecule has 8 heteroatoms. The first-order valence-electron chi connectivity index (χ1n) is 7.67. The molecule has 0 radical (unpaired) electrons. The smallest absolute Gasteiger partial charge is 0.250 e. The third kappa shape index (κ3) is 5.19. The van der Waals surface area contributed by atoms with Crippen molar-refractivity contribution in [1.82, 2.24) is 10.0 Å². The first-order chi connectivity index (χ1) is 11.3. The highest BCUT2D eigenvalue weighted by Crippen LogP contribution is 2.21. The Morgan fingerprint density at radius 3 is 2.58 bits per heavy atom. The van der Waals surface area contributed by atoms with E-state index >= 15 is 0 Å². The van der Waals surface area contributed by atoms with Gasteiger partial charge >= 0.3 is 0 Å². The van der Waals surface area contributed by atoms with Gasteiger partial charge in [0.2, 0.25) is 5.91 Å². The second-order valence-corrected chi connectivity index (χ2v) is 9.19. The van der Waals surface area contributed by atoms with Gasteiger partial charge in [-0.2, -0.15) is 4.72 Å². The van der Waals surface area contributed by atoms with Crippen LogP contribution in [0.3, 0.4) is 0 Å². The molecule has 2 heterocycles. The van der Waals surface area contributed by atoms with E-state index in [1.807, 2.05) is 20.8 Å². The van der Waals surface area contributed by atoms with Crippen LogP contribution in [0.15, 0.2) is 39.2 Å². The predicted molar refractivity (Wildman–Crippen MR) is 93.2 cm³/mol. The first kappa shape index (κ1) is 18.7. The summed E-state index contributed by atoms with van der Waals surface area (Å²) in [4.78, 5) is 13.3. The Balaban J connectivity index is 2.08. The Morgan fingerprint density at radius 1 is 1.29 bits per heavy atom. The molecule has 0 spiro atoms. The summed E-state index contributed by atoms with van der Waals surface area (Å²) in [6.45, 7) is 5.94. The average Bonchev–Trinajstić information content (AvgIpc) is 3.14. The predicted octanol–water partition coefficient (Wildman–Crippen LogP) is 2.66. The van der Waals surface area contributed by atoms with Gasteiger partial charge in [0.1, 0.15) is 16.0 Å². The SMILES string of the molecule is Cc1ccc(S(=O)(=O)N[C@@H](CC(C)C)C(=O)NCc2ccco2)s1. The van der Waals surface area contributed by atoms with Gasteiger partial charge in [-0.3, -0.25) is 4.79 Å². The Labute approximate surface area is 146 Å². The number of carbonyl (C=O) groups is 1. The molecule has 24 heavy (non-hydrogen) atoms. The molecule has 1 atom stereocenters. The summed E-state index contributed by atoms with van der Waals surface area (Å²) in [5.74, 6) is 0.414. The van der Waals surface area contributed by atoms with Gasteiger partial charge in [-0.05, 0) is 43.5 Å². The van der Waals surface area contributed by atoms with Gasteiger partial charge in [0, 0.05) is 4.88 Å². The number of amides is 1. The van der Waals surface area contributed by atoms with Crippen LogP contribution >= 0.6 is 11.3 Å². The summed E-state index contributed by atoms with van der Waals surface area (Å²) in [6, 6.07) is 5.95. The van der Waals surface area contributed by atoms with E-state index in [0.717, 1.165) is 4.88 Å². The van der Waals surface area contributed by atoms with Crippen LogP contribution in [-0.2, 0) is 21.4 Å². The minimum absolute atomic E-state index is 0.164. The van der Waals surface area contributed by atoms with Gasteiger partial charge < -0.3 is 9.73 Å². The molecule has 0 unspecified atom stereocenters. The van der Waals surface area contributed by atoms with E-state index in [2.05, 4.69) is 10.0 Å². The van der Waals surface area contributed by atoms with Gasteiger partial charge in [-0.25, -0.2) is 8.42 Å². The number of furan rings is 1. The molecule has 2 N–H and O–H groups in total. The van der Waals surface area contributed by atoms with Crippen LogP contribution in [0.1, 0.15) is 30.9 Å². The lowest BCUT2D eigenvalue weighted by atomic mass is 10.0. The molecule has 0 aliphatic rings.